The van der Waals surface area contributed by atoms with Crippen LogP contribution in [0.2, 0.25) is 0 Å². The molecule has 0 unspecified atom stereocenters. The van der Waals surface area contributed by atoms with Gasteiger partial charge in [0.15, 0.2) is 0 Å². The number of nitrogens with zero attached hydrogens (tertiary/aromatic N) is 1. The summed E-state index contributed by atoms with van der Waals surface area (Å²) in [6, 6.07) is 3.50. The summed E-state index contributed by atoms with van der Waals surface area (Å²) in [6.07, 6.45) is 2.85. The second-order valence-corrected chi connectivity index (χ2v) is 2.79. The monoisotopic (exact) mass is 195 g/mol. The fourth-order valence-corrected chi connectivity index (χ4v) is 1.10. The van der Waals surface area contributed by atoms with Crippen molar-refractivity contribution in [1.82, 2.24) is 4.57 Å². The van der Waals surface area contributed by atoms with Crippen molar-refractivity contribution in [3.8, 4) is 0 Å². The highest BCUT2D eigenvalue weighted by atomic mass is 16.5. The van der Waals surface area contributed by atoms with E-state index in [1.165, 1.54) is 0 Å². The molecule has 0 aromatic carbocycles. The van der Waals surface area contributed by atoms with E-state index >= 15 is 0 Å². The molecule has 0 radical (unpaired) electrons. The third-order valence-corrected chi connectivity index (χ3v) is 1.75. The molecular weight excluding hydrogens is 182 g/mol. The first kappa shape index (κ1) is 10.4. The van der Waals surface area contributed by atoms with Crippen molar-refractivity contribution in [1.29, 1.82) is 0 Å². The Morgan fingerprint density at radius 3 is 2.93 bits per heavy atom. The Labute approximate surface area is 82.4 Å². The average molecular weight is 195 g/mol. The van der Waals surface area contributed by atoms with Crippen molar-refractivity contribution in [3.63, 3.8) is 0 Å². The van der Waals surface area contributed by atoms with Gasteiger partial charge in [-0.2, -0.15) is 0 Å². The maximum atomic E-state index is 11.0. The Kier molecular flexibility index (Phi) is 3.34. The van der Waals surface area contributed by atoms with Gasteiger partial charge in [-0.3, -0.25) is 0 Å². The Morgan fingerprint density at radius 2 is 2.43 bits per heavy atom. The molecule has 76 valence electrons. The van der Waals surface area contributed by atoms with Crippen LogP contribution in [0, 0.1) is 0 Å². The van der Waals surface area contributed by atoms with E-state index in [1.54, 1.807) is 36.9 Å². The number of hydrogen-bond donors (Lipinski definition) is 1. The number of rotatable bonds is 3. The zero-order valence-electron chi connectivity index (χ0n) is 8.23. The summed E-state index contributed by atoms with van der Waals surface area (Å²) in [7, 11) is 1.78. The molecule has 1 rings (SSSR count). The van der Waals surface area contributed by atoms with Gasteiger partial charge in [0.25, 0.3) is 0 Å². The van der Waals surface area contributed by atoms with E-state index in [1.807, 2.05) is 0 Å². The zero-order chi connectivity index (χ0) is 10.6. The van der Waals surface area contributed by atoms with Crippen molar-refractivity contribution >= 4 is 11.7 Å². The second-order valence-electron chi connectivity index (χ2n) is 2.79. The minimum absolute atomic E-state index is 0.0871. The van der Waals surface area contributed by atoms with Gasteiger partial charge in [0.05, 0.1) is 18.4 Å². The number of aliphatic hydroxyl groups is 1. The quantitative estimate of drug-likeness (QED) is 0.451. The predicted octanol–water partition coefficient (Wildman–Crippen LogP) is 1.49. The highest BCUT2D eigenvalue weighted by Crippen LogP contribution is 2.10. The maximum Gasteiger partial charge on any atom is 0.334 e. The van der Waals surface area contributed by atoms with Crippen LogP contribution in [-0.2, 0) is 16.6 Å². The van der Waals surface area contributed by atoms with Gasteiger partial charge in [0.2, 0.25) is 0 Å². The summed E-state index contributed by atoms with van der Waals surface area (Å²) in [5.41, 5.74) is 0.582. The van der Waals surface area contributed by atoms with Crippen LogP contribution in [0.5, 0.6) is 0 Å². The van der Waals surface area contributed by atoms with Crippen LogP contribution < -0.4 is 0 Å². The lowest BCUT2D eigenvalue weighted by molar-refractivity contribution is -0.137. The van der Waals surface area contributed by atoms with Gasteiger partial charge in [-0.25, -0.2) is 4.79 Å². The van der Waals surface area contributed by atoms with Gasteiger partial charge in [-0.05, 0) is 19.1 Å². The van der Waals surface area contributed by atoms with Gasteiger partial charge in [-0.1, -0.05) is 0 Å². The van der Waals surface area contributed by atoms with Crippen LogP contribution in [0.4, 0.5) is 0 Å². The Morgan fingerprint density at radius 1 is 1.71 bits per heavy atom. The number of ether oxygens (including phenoxy) is 1. The van der Waals surface area contributed by atoms with Crippen molar-refractivity contribution in [3.05, 3.63) is 30.1 Å². The fraction of sp³-hybridized carbons (Fsp3) is 0.300. The summed E-state index contributed by atoms with van der Waals surface area (Å²) in [5.74, 6) is -0.623. The number of aryl methyl sites for hydroxylation is 1. The molecule has 0 atom stereocenters. The number of esters is 1. The van der Waals surface area contributed by atoms with E-state index in [-0.39, 0.29) is 5.76 Å². The van der Waals surface area contributed by atoms with Gasteiger partial charge in [-0.15, -0.1) is 0 Å². The Bertz CT molecular complexity index is 352. The molecular formula is C10H13NO3. The van der Waals surface area contributed by atoms with Crippen LogP contribution >= 0.6 is 0 Å². The van der Waals surface area contributed by atoms with E-state index in [0.717, 1.165) is 6.08 Å². The number of carbonyl (C=O) groups excluding carboxylic acids is 1. The van der Waals surface area contributed by atoms with Gasteiger partial charge in [0, 0.05) is 13.2 Å². The number of aromatic nitrogens is 1. The molecule has 4 nitrogen and oxygen atoms in total. The summed E-state index contributed by atoms with van der Waals surface area (Å²) >= 11 is 0. The molecule has 0 saturated carbocycles. The first-order valence-corrected chi connectivity index (χ1v) is 4.34. The summed E-state index contributed by atoms with van der Waals surface area (Å²) in [4.78, 5) is 11.0. The third kappa shape index (κ3) is 2.39. The third-order valence-electron chi connectivity index (χ3n) is 1.75. The molecule has 0 bridgehead atoms. The first-order chi connectivity index (χ1) is 6.65. The van der Waals surface area contributed by atoms with Crippen molar-refractivity contribution < 1.29 is 14.6 Å². The van der Waals surface area contributed by atoms with E-state index in [2.05, 4.69) is 4.74 Å². The van der Waals surface area contributed by atoms with Crippen molar-refractivity contribution in [2.24, 2.45) is 7.05 Å². The Balaban J connectivity index is 2.79. The summed E-state index contributed by atoms with van der Waals surface area (Å²) < 4.78 is 6.38. The van der Waals surface area contributed by atoms with Crippen LogP contribution in [0.3, 0.4) is 0 Å². The van der Waals surface area contributed by atoms with Crippen molar-refractivity contribution in [2.45, 2.75) is 6.92 Å². The predicted molar refractivity (Wildman–Crippen MR) is 52.7 cm³/mol. The molecule has 1 heterocycles. The minimum atomic E-state index is -0.536. The smallest absolute Gasteiger partial charge is 0.334 e. The van der Waals surface area contributed by atoms with Gasteiger partial charge < -0.3 is 14.4 Å². The summed E-state index contributed by atoms with van der Waals surface area (Å²) in [5, 5.41) is 9.53. The molecule has 0 saturated heterocycles. The van der Waals surface area contributed by atoms with E-state index in [0.29, 0.717) is 12.3 Å². The molecule has 0 spiro atoms. The largest absolute Gasteiger partial charge is 0.505 e. The number of carbonyl (C=O) groups is 1. The molecule has 0 aliphatic heterocycles. The lowest BCUT2D eigenvalue weighted by Crippen LogP contribution is -2.02. The van der Waals surface area contributed by atoms with E-state index in [4.69, 9.17) is 0 Å². The molecule has 4 heteroatoms. The molecule has 1 N–H and O–H groups in total. The summed E-state index contributed by atoms with van der Waals surface area (Å²) in [6.45, 7) is 2.01. The minimum Gasteiger partial charge on any atom is -0.505 e. The maximum absolute atomic E-state index is 11.0. The van der Waals surface area contributed by atoms with E-state index in [9.17, 15) is 9.90 Å². The van der Waals surface area contributed by atoms with Gasteiger partial charge >= 0.3 is 5.97 Å². The number of hydrogen-bond acceptors (Lipinski definition) is 3. The average Bonchev–Trinajstić information content (AvgIpc) is 2.51. The number of aliphatic hydroxyl groups excluding tert-OH is 1. The fourth-order valence-electron chi connectivity index (χ4n) is 1.10. The second kappa shape index (κ2) is 4.50. The normalized spacial score (nSPS) is 11.4. The molecule has 1 aromatic rings. The lowest BCUT2D eigenvalue weighted by atomic mass is 10.3. The molecule has 0 aliphatic carbocycles. The molecule has 14 heavy (non-hydrogen) atoms. The highest BCUT2D eigenvalue weighted by Gasteiger charge is 2.05. The molecule has 0 fully saturated rings. The van der Waals surface area contributed by atoms with Crippen molar-refractivity contribution in [2.75, 3.05) is 6.61 Å². The zero-order valence-corrected chi connectivity index (χ0v) is 8.23. The van der Waals surface area contributed by atoms with Crippen LogP contribution in [0.1, 0.15) is 12.6 Å². The SMILES string of the molecule is CCOC(=O)/C=C(\O)c1cccn1C. The van der Waals surface area contributed by atoms with Crippen LogP contribution in [0.25, 0.3) is 5.76 Å². The van der Waals surface area contributed by atoms with Gasteiger partial charge in [0.1, 0.15) is 5.76 Å². The van der Waals surface area contributed by atoms with Crippen LogP contribution in [0.15, 0.2) is 24.4 Å². The highest BCUT2D eigenvalue weighted by molar-refractivity contribution is 5.88. The van der Waals surface area contributed by atoms with E-state index < -0.39 is 5.97 Å². The molecule has 0 aliphatic rings. The first-order valence-electron chi connectivity index (χ1n) is 4.34. The standard InChI is InChI=1S/C10H13NO3/c1-3-14-10(13)7-9(12)8-5-4-6-11(8)2/h4-7,12H,3H2,1-2H3/b9-7-. The van der Waals surface area contributed by atoms with Crippen LogP contribution in [-0.4, -0.2) is 22.2 Å². The molecule has 1 aromatic heterocycles. The lowest BCUT2D eigenvalue weighted by Gasteiger charge is -2.01. The molecule has 0 amide bonds. The topological polar surface area (TPSA) is 51.5 Å². The Hall–Kier alpha value is -1.71.